The van der Waals surface area contributed by atoms with Gasteiger partial charge in [-0.15, -0.1) is 0 Å². The van der Waals surface area contributed by atoms with E-state index >= 15 is 0 Å². The van der Waals surface area contributed by atoms with Gasteiger partial charge in [-0.05, 0) is 32.2 Å². The van der Waals surface area contributed by atoms with Crippen LogP contribution in [0.25, 0.3) is 0 Å². The van der Waals surface area contributed by atoms with Crippen molar-refractivity contribution in [3.8, 4) is 0 Å². The SMILES string of the molecule is CCCC1(c2nc(C3CCCC3)nn2C)CCNC1. The summed E-state index contributed by atoms with van der Waals surface area (Å²) in [7, 11) is 2.08. The van der Waals surface area contributed by atoms with Crippen molar-refractivity contribution >= 4 is 0 Å². The Morgan fingerprint density at radius 3 is 2.79 bits per heavy atom. The van der Waals surface area contributed by atoms with Crippen molar-refractivity contribution in [1.82, 2.24) is 20.1 Å². The Hall–Kier alpha value is -0.900. The predicted molar refractivity (Wildman–Crippen MR) is 76.3 cm³/mol. The number of nitrogens with zero attached hydrogens (tertiary/aromatic N) is 3. The fourth-order valence-electron chi connectivity index (χ4n) is 3.96. The van der Waals surface area contributed by atoms with Crippen LogP contribution in [0.2, 0.25) is 0 Å². The summed E-state index contributed by atoms with van der Waals surface area (Å²) in [6, 6.07) is 0. The van der Waals surface area contributed by atoms with E-state index in [0.29, 0.717) is 5.92 Å². The van der Waals surface area contributed by atoms with E-state index in [0.717, 1.165) is 18.9 Å². The molecule has 4 heteroatoms. The van der Waals surface area contributed by atoms with E-state index in [1.165, 1.54) is 50.8 Å². The van der Waals surface area contributed by atoms with Gasteiger partial charge in [0.25, 0.3) is 0 Å². The van der Waals surface area contributed by atoms with Crippen LogP contribution in [0.1, 0.15) is 69.4 Å². The highest BCUT2D eigenvalue weighted by Gasteiger charge is 2.39. The molecule has 1 aliphatic heterocycles. The van der Waals surface area contributed by atoms with Gasteiger partial charge < -0.3 is 5.32 Å². The summed E-state index contributed by atoms with van der Waals surface area (Å²) in [6.45, 7) is 4.46. The van der Waals surface area contributed by atoms with Gasteiger partial charge in [0.15, 0.2) is 5.82 Å². The summed E-state index contributed by atoms with van der Waals surface area (Å²) >= 11 is 0. The Balaban J connectivity index is 1.90. The van der Waals surface area contributed by atoms with Crippen LogP contribution in [0.15, 0.2) is 0 Å². The molecule has 2 aliphatic rings. The minimum Gasteiger partial charge on any atom is -0.316 e. The number of rotatable bonds is 4. The van der Waals surface area contributed by atoms with Crippen LogP contribution < -0.4 is 5.32 Å². The molecule has 1 aromatic rings. The third-order valence-corrected chi connectivity index (χ3v) is 4.95. The number of nitrogens with one attached hydrogen (secondary N) is 1. The van der Waals surface area contributed by atoms with E-state index in [2.05, 4.69) is 24.0 Å². The Labute approximate surface area is 116 Å². The first-order valence-electron chi connectivity index (χ1n) is 7.87. The Morgan fingerprint density at radius 1 is 1.37 bits per heavy atom. The van der Waals surface area contributed by atoms with Crippen LogP contribution in [0, 0.1) is 0 Å². The maximum absolute atomic E-state index is 4.98. The summed E-state index contributed by atoms with van der Waals surface area (Å²) in [5.74, 6) is 2.95. The quantitative estimate of drug-likeness (QED) is 0.906. The molecule has 0 bridgehead atoms. The second kappa shape index (κ2) is 5.23. The monoisotopic (exact) mass is 262 g/mol. The van der Waals surface area contributed by atoms with Crippen LogP contribution in [-0.2, 0) is 12.5 Å². The maximum atomic E-state index is 4.98. The molecule has 1 unspecified atom stereocenters. The molecule has 0 spiro atoms. The number of aromatic nitrogens is 3. The molecule has 4 nitrogen and oxygen atoms in total. The van der Waals surface area contributed by atoms with Crippen LogP contribution in [0.4, 0.5) is 0 Å². The minimum atomic E-state index is 0.230. The number of hydrogen-bond donors (Lipinski definition) is 1. The molecule has 106 valence electrons. The minimum absolute atomic E-state index is 0.230. The van der Waals surface area contributed by atoms with E-state index in [9.17, 15) is 0 Å². The van der Waals surface area contributed by atoms with Gasteiger partial charge in [0.2, 0.25) is 0 Å². The smallest absolute Gasteiger partial charge is 0.154 e. The normalized spacial score (nSPS) is 28.3. The highest BCUT2D eigenvalue weighted by Crippen LogP contribution is 2.37. The molecule has 1 aliphatic carbocycles. The number of aryl methyl sites for hydroxylation is 1. The van der Waals surface area contributed by atoms with E-state index in [-0.39, 0.29) is 5.41 Å². The molecular formula is C15H26N4. The molecule has 1 aromatic heterocycles. The Morgan fingerprint density at radius 2 is 2.16 bits per heavy atom. The first-order valence-corrected chi connectivity index (χ1v) is 7.87. The maximum Gasteiger partial charge on any atom is 0.154 e. The third-order valence-electron chi connectivity index (χ3n) is 4.95. The van der Waals surface area contributed by atoms with Gasteiger partial charge in [0.05, 0.1) is 0 Å². The lowest BCUT2D eigenvalue weighted by molar-refractivity contribution is 0.385. The third kappa shape index (κ3) is 2.31. The molecule has 1 saturated carbocycles. The van der Waals surface area contributed by atoms with Crippen LogP contribution >= 0.6 is 0 Å². The van der Waals surface area contributed by atoms with Crippen LogP contribution in [-0.4, -0.2) is 27.9 Å². The van der Waals surface area contributed by atoms with Gasteiger partial charge in [0, 0.05) is 24.9 Å². The van der Waals surface area contributed by atoms with Crippen molar-refractivity contribution < 1.29 is 0 Å². The van der Waals surface area contributed by atoms with Crippen molar-refractivity contribution in [3.05, 3.63) is 11.6 Å². The highest BCUT2D eigenvalue weighted by molar-refractivity contribution is 5.15. The fraction of sp³-hybridized carbons (Fsp3) is 0.867. The van der Waals surface area contributed by atoms with Crippen molar-refractivity contribution in [3.63, 3.8) is 0 Å². The molecule has 0 radical (unpaired) electrons. The first-order chi connectivity index (χ1) is 9.25. The average Bonchev–Trinajstić information content (AvgIpc) is 3.08. The predicted octanol–water partition coefficient (Wildman–Crippen LogP) is 2.50. The summed E-state index contributed by atoms with van der Waals surface area (Å²) in [5, 5.41) is 8.26. The summed E-state index contributed by atoms with van der Waals surface area (Å²) in [5.41, 5.74) is 0.230. The lowest BCUT2D eigenvalue weighted by atomic mass is 9.81. The topological polar surface area (TPSA) is 42.7 Å². The van der Waals surface area contributed by atoms with Gasteiger partial charge in [-0.2, -0.15) is 5.10 Å². The van der Waals surface area contributed by atoms with E-state index in [1.807, 2.05) is 0 Å². The lowest BCUT2D eigenvalue weighted by Crippen LogP contribution is -2.32. The van der Waals surface area contributed by atoms with Gasteiger partial charge in [-0.3, -0.25) is 4.68 Å². The van der Waals surface area contributed by atoms with Crippen molar-refractivity contribution in [1.29, 1.82) is 0 Å². The second-order valence-corrected chi connectivity index (χ2v) is 6.36. The van der Waals surface area contributed by atoms with Gasteiger partial charge in [-0.25, -0.2) is 4.98 Å². The van der Waals surface area contributed by atoms with E-state index in [1.54, 1.807) is 0 Å². The molecule has 1 atom stereocenters. The summed E-state index contributed by atoms with van der Waals surface area (Å²) in [6.07, 6.45) is 8.90. The zero-order chi connectivity index (χ0) is 13.3. The van der Waals surface area contributed by atoms with E-state index < -0.39 is 0 Å². The largest absolute Gasteiger partial charge is 0.316 e. The molecule has 2 fully saturated rings. The molecule has 0 amide bonds. The molecule has 0 aromatic carbocycles. The van der Waals surface area contributed by atoms with Gasteiger partial charge in [-0.1, -0.05) is 26.2 Å². The van der Waals surface area contributed by atoms with Gasteiger partial charge >= 0.3 is 0 Å². The second-order valence-electron chi connectivity index (χ2n) is 6.36. The fourth-order valence-corrected chi connectivity index (χ4v) is 3.96. The van der Waals surface area contributed by atoms with Crippen molar-refractivity contribution in [2.24, 2.45) is 7.05 Å². The average molecular weight is 262 g/mol. The Bertz CT molecular complexity index is 425. The highest BCUT2D eigenvalue weighted by atomic mass is 15.3. The van der Waals surface area contributed by atoms with E-state index in [4.69, 9.17) is 10.1 Å². The molecule has 1 saturated heterocycles. The number of hydrogen-bond acceptors (Lipinski definition) is 3. The first kappa shape index (κ1) is 13.1. The van der Waals surface area contributed by atoms with Crippen LogP contribution in [0.3, 0.4) is 0 Å². The molecule has 1 N–H and O–H groups in total. The molecule has 19 heavy (non-hydrogen) atoms. The Kier molecular flexibility index (Phi) is 3.61. The summed E-state index contributed by atoms with van der Waals surface area (Å²) in [4.78, 5) is 4.98. The molecular weight excluding hydrogens is 236 g/mol. The lowest BCUT2D eigenvalue weighted by Gasteiger charge is -2.26. The standard InChI is InChI=1S/C15H26N4/c1-3-8-15(9-10-16-11-15)14-17-13(18-19(14)2)12-6-4-5-7-12/h12,16H,3-11H2,1-2H3. The zero-order valence-corrected chi connectivity index (χ0v) is 12.3. The van der Waals surface area contributed by atoms with Crippen molar-refractivity contribution in [2.75, 3.05) is 13.1 Å². The van der Waals surface area contributed by atoms with Crippen molar-refractivity contribution in [2.45, 2.75) is 63.2 Å². The summed E-state index contributed by atoms with van der Waals surface area (Å²) < 4.78 is 2.07. The molecule has 2 heterocycles. The molecule has 3 rings (SSSR count). The zero-order valence-electron chi connectivity index (χ0n) is 12.3. The van der Waals surface area contributed by atoms with Crippen LogP contribution in [0.5, 0.6) is 0 Å². The van der Waals surface area contributed by atoms with Gasteiger partial charge in [0.1, 0.15) is 5.82 Å².